The van der Waals surface area contributed by atoms with Crippen molar-refractivity contribution in [1.29, 1.82) is 0 Å². The van der Waals surface area contributed by atoms with Crippen molar-refractivity contribution < 1.29 is 9.18 Å². The van der Waals surface area contributed by atoms with Crippen LogP contribution in [0.1, 0.15) is 55.8 Å². The predicted molar refractivity (Wildman–Crippen MR) is 134 cm³/mol. The highest BCUT2D eigenvalue weighted by Gasteiger charge is 2.53. The monoisotopic (exact) mass is 473 g/mol. The van der Waals surface area contributed by atoms with E-state index in [4.69, 9.17) is 4.98 Å². The second-order valence-corrected chi connectivity index (χ2v) is 12.1. The van der Waals surface area contributed by atoms with Crippen LogP contribution in [0.4, 0.5) is 4.39 Å². The van der Waals surface area contributed by atoms with Crippen LogP contribution in [0.15, 0.2) is 48.7 Å². The fourth-order valence-corrected chi connectivity index (χ4v) is 8.59. The second-order valence-electron chi connectivity index (χ2n) is 11.0. The van der Waals surface area contributed by atoms with Gasteiger partial charge in [-0.25, -0.2) is 9.37 Å². The maximum absolute atomic E-state index is 13.3. The van der Waals surface area contributed by atoms with Crippen LogP contribution in [0.3, 0.4) is 0 Å². The smallest absolute Gasteiger partial charge is 0.251 e. The first-order chi connectivity index (χ1) is 16.5. The highest BCUT2D eigenvalue weighted by atomic mass is 32.1. The summed E-state index contributed by atoms with van der Waals surface area (Å²) in [6.45, 7) is 2.24. The van der Waals surface area contributed by atoms with E-state index in [1.807, 2.05) is 24.4 Å². The Morgan fingerprint density at radius 3 is 2.44 bits per heavy atom. The highest BCUT2D eigenvalue weighted by molar-refractivity contribution is 7.23. The van der Waals surface area contributed by atoms with Gasteiger partial charge in [-0.15, -0.1) is 0 Å². The fraction of sp³-hybridized carbons (Fsp3) is 0.429. The molecule has 174 valence electrons. The number of amides is 1. The number of carbonyl (C=O) groups is 1. The van der Waals surface area contributed by atoms with Gasteiger partial charge in [0.1, 0.15) is 5.82 Å². The first-order valence-electron chi connectivity index (χ1n) is 12.4. The molecule has 34 heavy (non-hydrogen) atoms. The molecule has 4 aliphatic carbocycles. The van der Waals surface area contributed by atoms with Crippen LogP contribution in [0.2, 0.25) is 0 Å². The molecule has 0 aliphatic heterocycles. The predicted octanol–water partition coefficient (Wildman–Crippen LogP) is 6.69. The molecule has 8 rings (SSSR count). The molecule has 1 N–H and O–H groups in total. The summed E-state index contributed by atoms with van der Waals surface area (Å²) in [5.74, 6) is 2.42. The molecule has 1 amide bonds. The number of benzene rings is 2. The van der Waals surface area contributed by atoms with Crippen molar-refractivity contribution in [2.75, 3.05) is 0 Å². The van der Waals surface area contributed by atoms with E-state index in [2.05, 4.69) is 16.6 Å². The van der Waals surface area contributed by atoms with Crippen LogP contribution in [0.5, 0.6) is 0 Å². The maximum atomic E-state index is 13.3. The number of hydrogen-bond acceptors (Lipinski definition) is 3. The number of hydrogen-bond donors (Lipinski definition) is 1. The van der Waals surface area contributed by atoms with Crippen LogP contribution >= 0.6 is 11.3 Å². The minimum Gasteiger partial charge on any atom is -0.349 e. The molecule has 2 aromatic carbocycles. The van der Waals surface area contributed by atoms with Gasteiger partial charge in [0.25, 0.3) is 5.91 Å². The van der Waals surface area contributed by atoms with Crippen molar-refractivity contribution in [1.82, 2.24) is 14.7 Å². The molecule has 4 saturated carbocycles. The van der Waals surface area contributed by atoms with Crippen LogP contribution in [0, 0.1) is 29.0 Å². The Labute approximate surface area is 202 Å². The number of imidazole rings is 1. The standard InChI is InChI=1S/C28H28FN3OS/c1-16(28-12-17-8-18(13-28)10-19(9-17)14-28)30-26(33)21-4-7-24-25(11-21)34-27-31-23(15-32(24)27)20-2-5-22(29)6-3-20/h2-7,11,15-19H,8-10,12-14H2,1H3,(H,30,33)/t16-,17?,18?,19?,28?/m1/s1. The largest absolute Gasteiger partial charge is 0.349 e. The molecule has 0 spiro atoms. The third-order valence-electron chi connectivity index (χ3n) is 8.85. The van der Waals surface area contributed by atoms with Crippen molar-refractivity contribution in [3.63, 3.8) is 0 Å². The zero-order valence-electron chi connectivity index (χ0n) is 19.3. The van der Waals surface area contributed by atoms with E-state index >= 15 is 0 Å². The van der Waals surface area contributed by atoms with E-state index in [0.717, 1.165) is 44.2 Å². The van der Waals surface area contributed by atoms with Crippen LogP contribution in [0.25, 0.3) is 26.4 Å². The van der Waals surface area contributed by atoms with E-state index in [1.54, 1.807) is 23.5 Å². The number of nitrogens with one attached hydrogen (secondary N) is 1. The quantitative estimate of drug-likeness (QED) is 0.359. The zero-order chi connectivity index (χ0) is 23.0. The van der Waals surface area contributed by atoms with E-state index in [9.17, 15) is 9.18 Å². The van der Waals surface area contributed by atoms with Gasteiger partial charge in [-0.2, -0.15) is 0 Å². The maximum Gasteiger partial charge on any atom is 0.251 e. The molecule has 4 aromatic rings. The Hall–Kier alpha value is -2.73. The molecule has 0 radical (unpaired) electrons. The Kier molecular flexibility index (Phi) is 4.48. The summed E-state index contributed by atoms with van der Waals surface area (Å²) in [7, 11) is 0. The Balaban J connectivity index is 1.14. The van der Waals surface area contributed by atoms with Crippen LogP contribution in [-0.2, 0) is 0 Å². The Morgan fingerprint density at radius 1 is 1.09 bits per heavy atom. The lowest BCUT2D eigenvalue weighted by molar-refractivity contribution is -0.0688. The third-order valence-corrected chi connectivity index (χ3v) is 9.87. The summed E-state index contributed by atoms with van der Waals surface area (Å²) in [4.78, 5) is 18.9. The van der Waals surface area contributed by atoms with Crippen molar-refractivity contribution in [3.05, 3.63) is 60.0 Å². The molecule has 1 atom stereocenters. The van der Waals surface area contributed by atoms with E-state index < -0.39 is 0 Å². The van der Waals surface area contributed by atoms with E-state index in [1.165, 1.54) is 50.7 Å². The van der Waals surface area contributed by atoms with Gasteiger partial charge in [-0.05, 0) is 111 Å². The molecule has 4 aliphatic rings. The topological polar surface area (TPSA) is 46.4 Å². The summed E-state index contributed by atoms with van der Waals surface area (Å²) in [5, 5.41) is 3.39. The first-order valence-corrected chi connectivity index (χ1v) is 13.3. The minimum atomic E-state index is -0.251. The van der Waals surface area contributed by atoms with Gasteiger partial charge in [0, 0.05) is 23.4 Å². The lowest BCUT2D eigenvalue weighted by Crippen LogP contribution is -2.55. The number of halogens is 1. The SMILES string of the molecule is C[C@@H](NC(=O)c1ccc2c(c1)sc1nc(-c3ccc(F)cc3)cn12)C12CC3CC(CC(C3)C1)C2. The Morgan fingerprint density at radius 2 is 1.76 bits per heavy atom. The summed E-state index contributed by atoms with van der Waals surface area (Å²) in [6, 6.07) is 12.5. The third kappa shape index (κ3) is 3.22. The molecule has 2 heterocycles. The van der Waals surface area contributed by atoms with Gasteiger partial charge >= 0.3 is 0 Å². The molecule has 6 heteroatoms. The van der Waals surface area contributed by atoms with E-state index in [-0.39, 0.29) is 17.8 Å². The van der Waals surface area contributed by atoms with Crippen LogP contribution < -0.4 is 5.32 Å². The zero-order valence-corrected chi connectivity index (χ0v) is 20.1. The normalized spacial score (nSPS) is 28.6. The second kappa shape index (κ2) is 7.38. The summed E-state index contributed by atoms with van der Waals surface area (Å²) < 4.78 is 16.4. The number of rotatable bonds is 4. The highest BCUT2D eigenvalue weighted by Crippen LogP contribution is 2.61. The molecular weight excluding hydrogens is 445 g/mol. The average molecular weight is 474 g/mol. The fourth-order valence-electron chi connectivity index (χ4n) is 7.54. The van der Waals surface area contributed by atoms with Crippen molar-refractivity contribution in [2.45, 2.75) is 51.5 Å². The first kappa shape index (κ1) is 20.6. The van der Waals surface area contributed by atoms with Crippen molar-refractivity contribution in [3.8, 4) is 11.3 Å². The van der Waals surface area contributed by atoms with Gasteiger partial charge in [-0.1, -0.05) is 11.3 Å². The van der Waals surface area contributed by atoms with Gasteiger partial charge < -0.3 is 5.32 Å². The summed E-state index contributed by atoms with van der Waals surface area (Å²) >= 11 is 1.58. The van der Waals surface area contributed by atoms with Crippen LogP contribution in [-0.4, -0.2) is 21.3 Å². The van der Waals surface area contributed by atoms with E-state index in [0.29, 0.717) is 11.0 Å². The van der Waals surface area contributed by atoms with Crippen molar-refractivity contribution in [2.24, 2.45) is 23.2 Å². The summed E-state index contributed by atoms with van der Waals surface area (Å²) in [6.07, 6.45) is 10.1. The molecule has 4 bridgehead atoms. The number of carbonyl (C=O) groups excluding carboxylic acids is 1. The molecule has 2 aromatic heterocycles. The lowest BCUT2D eigenvalue weighted by Gasteiger charge is -2.59. The molecule has 0 unspecified atom stereocenters. The lowest BCUT2D eigenvalue weighted by atomic mass is 9.48. The summed E-state index contributed by atoms with van der Waals surface area (Å²) in [5.41, 5.74) is 3.76. The molecule has 0 saturated heterocycles. The average Bonchev–Trinajstić information content (AvgIpc) is 3.36. The minimum absolute atomic E-state index is 0.0307. The number of aromatic nitrogens is 2. The van der Waals surface area contributed by atoms with Gasteiger partial charge in [-0.3, -0.25) is 9.20 Å². The molecule has 4 nitrogen and oxygen atoms in total. The van der Waals surface area contributed by atoms with Gasteiger partial charge in [0.2, 0.25) is 0 Å². The molecular formula is C28H28FN3OS. The van der Waals surface area contributed by atoms with Gasteiger partial charge in [0.15, 0.2) is 4.96 Å². The number of thiazole rings is 1. The Bertz CT molecular complexity index is 1380. The molecule has 4 fully saturated rings. The van der Waals surface area contributed by atoms with Crippen molar-refractivity contribution >= 4 is 32.4 Å². The number of fused-ring (bicyclic) bond motifs is 3. The number of nitrogens with zero attached hydrogens (tertiary/aromatic N) is 2. The van der Waals surface area contributed by atoms with Gasteiger partial charge in [0.05, 0.1) is 15.9 Å².